The standard InChI is InChI=1S/C35H50N2O9S3/c1-4-37(30-20-23(2)48(42,43)35-29(30)21-34(47-35)49(36,44)45)33(41)15-11-6-5-10-14-27-28(32(22-31(27)40)46-24(3)38)19-18-26(39)17-16-25-12-8-7-9-13-25/h5,7-10,12-13,21,23,26-28,30-32,39-40H,4,6,11,14-20,22H2,1-3H3,(H2,36,44,45)/b10-5-/t23-,26-,27+,28+,30-,31-,32+/m0/s1. The van der Waals surface area contributed by atoms with Gasteiger partial charge in [0.15, 0.2) is 9.84 Å². The van der Waals surface area contributed by atoms with E-state index in [-0.39, 0.29) is 39.0 Å². The van der Waals surface area contributed by atoms with Crippen molar-refractivity contribution < 1.29 is 41.4 Å². The number of aliphatic hydroxyl groups is 2. The van der Waals surface area contributed by atoms with Crippen LogP contribution in [0.1, 0.15) is 95.7 Å². The molecule has 14 heteroatoms. The predicted octanol–water partition coefficient (Wildman–Crippen LogP) is 4.67. The fraction of sp³-hybridized carbons (Fsp3) is 0.600. The number of unbranched alkanes of at least 4 members (excludes halogenated alkanes) is 1. The SMILES string of the molecule is CCN(C(=O)CCC/C=C\C[C@@H]1[C@@H](CC[C@@H](O)CCc2ccccc2)[C@H](OC(C)=O)C[C@@H]1O)[C@H]1C[C@H](C)S(=O)(=O)c2sc(S(N)(=O)=O)cc21. The maximum Gasteiger partial charge on any atom is 0.302 e. The molecule has 1 aromatic carbocycles. The summed E-state index contributed by atoms with van der Waals surface area (Å²) in [6.07, 6.45) is 7.44. The predicted molar refractivity (Wildman–Crippen MR) is 188 cm³/mol. The van der Waals surface area contributed by atoms with Crippen molar-refractivity contribution >= 4 is 43.1 Å². The third-order valence-corrected chi connectivity index (χ3v) is 15.1. The summed E-state index contributed by atoms with van der Waals surface area (Å²) in [5, 5.41) is 26.1. The Labute approximate surface area is 294 Å². The van der Waals surface area contributed by atoms with Crippen molar-refractivity contribution in [3.63, 3.8) is 0 Å². The molecule has 2 aromatic rings. The molecule has 2 aliphatic rings. The van der Waals surface area contributed by atoms with E-state index < -0.39 is 55.4 Å². The van der Waals surface area contributed by atoms with Crippen molar-refractivity contribution in [2.24, 2.45) is 17.0 Å². The van der Waals surface area contributed by atoms with E-state index in [1.165, 1.54) is 13.0 Å². The zero-order chi connectivity index (χ0) is 35.9. The number of thiophene rings is 1. The molecular formula is C35H50N2O9S3. The number of aliphatic hydroxyl groups excluding tert-OH is 2. The van der Waals surface area contributed by atoms with Gasteiger partial charge in [0.05, 0.1) is 23.5 Å². The highest BCUT2D eigenvalue weighted by Gasteiger charge is 2.44. The van der Waals surface area contributed by atoms with Crippen LogP contribution in [0, 0.1) is 11.8 Å². The quantitative estimate of drug-likeness (QED) is 0.125. The van der Waals surface area contributed by atoms with E-state index in [9.17, 15) is 36.6 Å². The molecule has 1 amide bonds. The minimum atomic E-state index is -4.11. The number of sulfone groups is 1. The van der Waals surface area contributed by atoms with Crippen LogP contribution in [0.3, 0.4) is 0 Å². The molecule has 2 heterocycles. The average Bonchev–Trinajstić information content (AvgIpc) is 3.62. The highest BCUT2D eigenvalue weighted by Crippen LogP contribution is 2.45. The van der Waals surface area contributed by atoms with E-state index in [0.29, 0.717) is 68.4 Å². The number of hydrogen-bond acceptors (Lipinski definition) is 10. The van der Waals surface area contributed by atoms with Crippen molar-refractivity contribution in [3.8, 4) is 0 Å². The summed E-state index contributed by atoms with van der Waals surface area (Å²) in [4.78, 5) is 26.8. The Bertz CT molecular complexity index is 1670. The van der Waals surface area contributed by atoms with Crippen LogP contribution in [0.5, 0.6) is 0 Å². The van der Waals surface area contributed by atoms with Crippen LogP contribution >= 0.6 is 11.3 Å². The second-order valence-corrected chi connectivity index (χ2v) is 18.7. The largest absolute Gasteiger partial charge is 0.462 e. The van der Waals surface area contributed by atoms with Gasteiger partial charge in [-0.3, -0.25) is 9.59 Å². The zero-order valence-corrected chi connectivity index (χ0v) is 30.9. The molecule has 1 aliphatic heterocycles. The normalized spacial score (nSPS) is 25.6. The first-order valence-corrected chi connectivity index (χ1v) is 21.0. The summed E-state index contributed by atoms with van der Waals surface area (Å²) < 4.78 is 55.3. The van der Waals surface area contributed by atoms with Gasteiger partial charge >= 0.3 is 5.97 Å². The number of benzene rings is 1. The molecule has 49 heavy (non-hydrogen) atoms. The minimum Gasteiger partial charge on any atom is -0.462 e. The molecule has 11 nitrogen and oxygen atoms in total. The molecule has 4 N–H and O–H groups in total. The number of nitrogens with zero attached hydrogens (tertiary/aromatic N) is 1. The first kappa shape index (κ1) is 39.2. The number of amides is 1. The Morgan fingerprint density at radius 1 is 1.14 bits per heavy atom. The first-order valence-electron chi connectivity index (χ1n) is 17.1. The van der Waals surface area contributed by atoms with Crippen LogP contribution in [0.25, 0.3) is 0 Å². The molecule has 4 rings (SSSR count). The zero-order valence-electron chi connectivity index (χ0n) is 28.4. The lowest BCUT2D eigenvalue weighted by Gasteiger charge is -2.36. The molecule has 0 bridgehead atoms. The summed E-state index contributed by atoms with van der Waals surface area (Å²) >= 11 is 0.639. The molecule has 7 atom stereocenters. The van der Waals surface area contributed by atoms with E-state index in [4.69, 9.17) is 9.88 Å². The Morgan fingerprint density at radius 2 is 1.86 bits per heavy atom. The van der Waals surface area contributed by atoms with Gasteiger partial charge in [-0.15, -0.1) is 11.3 Å². The number of hydrogen-bond donors (Lipinski definition) is 3. The lowest BCUT2D eigenvalue weighted by molar-refractivity contribution is -0.148. The van der Waals surface area contributed by atoms with Crippen LogP contribution in [-0.4, -0.2) is 73.9 Å². The highest BCUT2D eigenvalue weighted by molar-refractivity contribution is 7.95. The van der Waals surface area contributed by atoms with Gasteiger partial charge in [-0.05, 0) is 82.8 Å². The lowest BCUT2D eigenvalue weighted by atomic mass is 9.85. The Balaban J connectivity index is 1.32. The number of esters is 1. The lowest BCUT2D eigenvalue weighted by Crippen LogP contribution is -2.40. The number of sulfonamides is 1. The van der Waals surface area contributed by atoms with Crippen LogP contribution < -0.4 is 5.14 Å². The summed E-state index contributed by atoms with van der Waals surface area (Å²) in [6.45, 7) is 5.08. The number of rotatable bonds is 16. The smallest absolute Gasteiger partial charge is 0.302 e. The van der Waals surface area contributed by atoms with E-state index >= 15 is 0 Å². The van der Waals surface area contributed by atoms with Gasteiger partial charge in [0, 0.05) is 37.8 Å². The van der Waals surface area contributed by atoms with E-state index in [1.54, 1.807) is 11.8 Å². The van der Waals surface area contributed by atoms with Gasteiger partial charge in [-0.2, -0.15) is 0 Å². The van der Waals surface area contributed by atoms with Crippen molar-refractivity contribution in [3.05, 3.63) is 59.7 Å². The van der Waals surface area contributed by atoms with Gasteiger partial charge < -0.3 is 19.8 Å². The fourth-order valence-corrected chi connectivity index (χ4v) is 11.6. The Kier molecular flexibility index (Phi) is 13.6. The third-order valence-electron chi connectivity index (χ3n) is 9.81. The first-order chi connectivity index (χ1) is 23.1. The molecule has 1 aliphatic carbocycles. The maximum absolute atomic E-state index is 13.4. The molecule has 1 fully saturated rings. The summed E-state index contributed by atoms with van der Waals surface area (Å²) in [5.41, 5.74) is 1.47. The van der Waals surface area contributed by atoms with Gasteiger partial charge in [0.25, 0.3) is 0 Å². The van der Waals surface area contributed by atoms with E-state index in [2.05, 4.69) is 0 Å². The number of ether oxygens (including phenoxy) is 1. The molecule has 0 unspecified atom stereocenters. The number of primary sulfonamides is 1. The molecule has 0 spiro atoms. The monoisotopic (exact) mass is 738 g/mol. The Hall–Kier alpha value is -2.62. The average molecular weight is 739 g/mol. The topological polar surface area (TPSA) is 181 Å². The number of carbonyl (C=O) groups excluding carboxylic acids is 2. The number of aryl methyl sites for hydroxylation is 1. The van der Waals surface area contributed by atoms with E-state index in [0.717, 1.165) is 12.0 Å². The number of nitrogens with two attached hydrogens (primary N) is 1. The van der Waals surface area contributed by atoms with Gasteiger partial charge in [0.2, 0.25) is 15.9 Å². The van der Waals surface area contributed by atoms with Crippen LogP contribution in [0.2, 0.25) is 0 Å². The van der Waals surface area contributed by atoms with Crippen molar-refractivity contribution in [1.82, 2.24) is 4.90 Å². The molecule has 1 saturated carbocycles. The molecule has 1 aromatic heterocycles. The van der Waals surface area contributed by atoms with E-state index in [1.807, 2.05) is 49.4 Å². The molecule has 272 valence electrons. The summed E-state index contributed by atoms with van der Waals surface area (Å²) in [6, 6.07) is 10.7. The van der Waals surface area contributed by atoms with Crippen LogP contribution in [-0.2, 0) is 40.6 Å². The van der Waals surface area contributed by atoms with Gasteiger partial charge in [0.1, 0.15) is 14.5 Å². The number of allylic oxidation sites excluding steroid dienone is 2. The summed E-state index contributed by atoms with van der Waals surface area (Å²) in [5.74, 6) is -0.764. The number of carbonyl (C=O) groups is 2. The fourth-order valence-electron chi connectivity index (χ4n) is 7.20. The summed E-state index contributed by atoms with van der Waals surface area (Å²) in [7, 11) is -7.85. The maximum atomic E-state index is 13.4. The molecule has 0 saturated heterocycles. The highest BCUT2D eigenvalue weighted by atomic mass is 32.3. The van der Waals surface area contributed by atoms with Crippen LogP contribution in [0.4, 0.5) is 0 Å². The second kappa shape index (κ2) is 17.1. The molecule has 0 radical (unpaired) electrons. The minimum absolute atomic E-state index is 0.0421. The van der Waals surface area contributed by atoms with Crippen molar-refractivity contribution in [2.75, 3.05) is 6.54 Å². The molecular weight excluding hydrogens is 689 g/mol. The van der Waals surface area contributed by atoms with Crippen LogP contribution in [0.15, 0.2) is 57.0 Å². The van der Waals surface area contributed by atoms with Gasteiger partial charge in [-0.25, -0.2) is 22.0 Å². The van der Waals surface area contributed by atoms with Crippen molar-refractivity contribution in [1.29, 1.82) is 0 Å². The van der Waals surface area contributed by atoms with Crippen molar-refractivity contribution in [2.45, 2.75) is 123 Å². The van der Waals surface area contributed by atoms with Gasteiger partial charge in [-0.1, -0.05) is 42.5 Å². The number of fused-ring (bicyclic) bond motifs is 1. The third kappa shape index (κ3) is 10.0. The Morgan fingerprint density at radius 3 is 2.51 bits per heavy atom. The second-order valence-electron chi connectivity index (χ2n) is 13.3.